The molecule has 0 saturated carbocycles. The first-order valence-corrected chi connectivity index (χ1v) is 5.49. The van der Waals surface area contributed by atoms with Crippen molar-refractivity contribution in [2.45, 2.75) is 25.8 Å². The maximum absolute atomic E-state index is 12.4. The summed E-state index contributed by atoms with van der Waals surface area (Å²) in [4.78, 5) is 14.3. The van der Waals surface area contributed by atoms with Crippen molar-refractivity contribution >= 4 is 11.5 Å². The number of anilines is 1. The Bertz CT molecular complexity index is 370. The standard InChI is InChI=1S/C13H20N2O/c1-5-13(2,15(3)4)12(16)10-6-8-11(14)9-7-10/h6-9H,5,14H2,1-4H3. The fourth-order valence-electron chi connectivity index (χ4n) is 1.63. The number of benzene rings is 1. The lowest BCUT2D eigenvalue weighted by Gasteiger charge is -2.34. The van der Waals surface area contributed by atoms with Gasteiger partial charge >= 0.3 is 0 Å². The van der Waals surface area contributed by atoms with E-state index < -0.39 is 5.54 Å². The molecule has 3 nitrogen and oxygen atoms in total. The number of likely N-dealkylation sites (N-methyl/N-ethyl adjacent to an activating group) is 1. The van der Waals surface area contributed by atoms with Gasteiger partial charge in [0.15, 0.2) is 5.78 Å². The molecule has 1 unspecified atom stereocenters. The summed E-state index contributed by atoms with van der Waals surface area (Å²) in [5.41, 5.74) is 6.55. The molecule has 0 aromatic heterocycles. The van der Waals surface area contributed by atoms with Crippen LogP contribution >= 0.6 is 0 Å². The van der Waals surface area contributed by atoms with Crippen molar-refractivity contribution in [3.63, 3.8) is 0 Å². The number of nitrogens with zero attached hydrogens (tertiary/aromatic N) is 1. The summed E-state index contributed by atoms with van der Waals surface area (Å²) in [6, 6.07) is 7.10. The van der Waals surface area contributed by atoms with Crippen molar-refractivity contribution in [3.8, 4) is 0 Å². The molecule has 88 valence electrons. The number of nitrogen functional groups attached to an aromatic ring is 1. The van der Waals surface area contributed by atoms with Gasteiger partial charge in [0.1, 0.15) is 0 Å². The van der Waals surface area contributed by atoms with Gasteiger partial charge in [0.25, 0.3) is 0 Å². The fourth-order valence-corrected chi connectivity index (χ4v) is 1.63. The van der Waals surface area contributed by atoms with Crippen LogP contribution < -0.4 is 5.73 Å². The summed E-state index contributed by atoms with van der Waals surface area (Å²) in [5, 5.41) is 0. The number of ketones is 1. The van der Waals surface area contributed by atoms with E-state index in [-0.39, 0.29) is 5.78 Å². The second kappa shape index (κ2) is 4.66. The van der Waals surface area contributed by atoms with Gasteiger partial charge in [-0.1, -0.05) is 6.92 Å². The topological polar surface area (TPSA) is 46.3 Å². The molecule has 2 N–H and O–H groups in total. The van der Waals surface area contributed by atoms with Crippen molar-refractivity contribution in [1.29, 1.82) is 0 Å². The number of nitrogens with two attached hydrogens (primary N) is 1. The van der Waals surface area contributed by atoms with Gasteiger partial charge in [0.2, 0.25) is 0 Å². The number of rotatable bonds is 4. The minimum Gasteiger partial charge on any atom is -0.399 e. The van der Waals surface area contributed by atoms with Gasteiger partial charge in [-0.3, -0.25) is 9.69 Å². The third kappa shape index (κ3) is 2.25. The highest BCUT2D eigenvalue weighted by molar-refractivity contribution is 6.03. The van der Waals surface area contributed by atoms with Crippen LogP contribution in [0.4, 0.5) is 5.69 Å². The van der Waals surface area contributed by atoms with Gasteiger partial charge in [0.05, 0.1) is 5.54 Å². The van der Waals surface area contributed by atoms with E-state index in [0.717, 1.165) is 6.42 Å². The van der Waals surface area contributed by atoms with Gasteiger partial charge in [0, 0.05) is 11.3 Å². The maximum atomic E-state index is 12.4. The SMILES string of the molecule is CCC(C)(C(=O)c1ccc(N)cc1)N(C)C. The predicted octanol–water partition coefficient (Wildman–Crippen LogP) is 2.18. The number of carbonyl (C=O) groups is 1. The van der Waals surface area contributed by atoms with Crippen LogP contribution in [-0.4, -0.2) is 30.3 Å². The summed E-state index contributed by atoms with van der Waals surface area (Å²) in [5.74, 6) is 0.139. The van der Waals surface area contributed by atoms with Gasteiger partial charge in [-0.05, 0) is 51.7 Å². The minimum atomic E-state index is -0.448. The first-order chi connectivity index (χ1) is 7.41. The molecule has 0 bridgehead atoms. The van der Waals surface area contributed by atoms with Crippen LogP contribution in [0.15, 0.2) is 24.3 Å². The van der Waals surface area contributed by atoms with E-state index in [0.29, 0.717) is 11.3 Å². The summed E-state index contributed by atoms with van der Waals surface area (Å²) in [6.45, 7) is 3.99. The molecule has 0 radical (unpaired) electrons. The van der Waals surface area contributed by atoms with Gasteiger partial charge in [-0.15, -0.1) is 0 Å². The zero-order chi connectivity index (χ0) is 12.3. The molecule has 0 aliphatic rings. The van der Waals surface area contributed by atoms with Crippen LogP contribution in [0.3, 0.4) is 0 Å². The maximum Gasteiger partial charge on any atom is 0.182 e. The summed E-state index contributed by atoms with van der Waals surface area (Å²) in [6.07, 6.45) is 0.781. The summed E-state index contributed by atoms with van der Waals surface area (Å²) >= 11 is 0. The number of hydrogen-bond donors (Lipinski definition) is 1. The lowest BCUT2D eigenvalue weighted by Crippen LogP contribution is -2.48. The number of Topliss-reactive ketones (excluding diaryl/α,β-unsaturated/α-hetero) is 1. The first-order valence-electron chi connectivity index (χ1n) is 5.49. The Hall–Kier alpha value is -1.35. The van der Waals surface area contributed by atoms with Crippen LogP contribution in [0, 0.1) is 0 Å². The van der Waals surface area contributed by atoms with Crippen LogP contribution in [0.1, 0.15) is 30.6 Å². The minimum absolute atomic E-state index is 0.139. The zero-order valence-corrected chi connectivity index (χ0v) is 10.4. The Kier molecular flexibility index (Phi) is 3.70. The van der Waals surface area contributed by atoms with E-state index in [1.165, 1.54) is 0 Å². The van der Waals surface area contributed by atoms with Crippen molar-refractivity contribution in [1.82, 2.24) is 4.90 Å². The van der Waals surface area contributed by atoms with E-state index in [9.17, 15) is 4.79 Å². The molecule has 0 saturated heterocycles. The van der Waals surface area contributed by atoms with Gasteiger partial charge < -0.3 is 5.73 Å². The Morgan fingerprint density at radius 2 is 1.81 bits per heavy atom. The normalized spacial score (nSPS) is 14.8. The number of carbonyl (C=O) groups excluding carboxylic acids is 1. The fraction of sp³-hybridized carbons (Fsp3) is 0.462. The van der Waals surface area contributed by atoms with Crippen molar-refractivity contribution in [2.75, 3.05) is 19.8 Å². The van der Waals surface area contributed by atoms with E-state index >= 15 is 0 Å². The zero-order valence-electron chi connectivity index (χ0n) is 10.4. The van der Waals surface area contributed by atoms with Crippen molar-refractivity contribution < 1.29 is 4.79 Å². The molecule has 0 aliphatic carbocycles. The molecule has 0 aliphatic heterocycles. The quantitative estimate of drug-likeness (QED) is 0.625. The summed E-state index contributed by atoms with van der Waals surface area (Å²) in [7, 11) is 3.86. The van der Waals surface area contributed by atoms with E-state index in [4.69, 9.17) is 5.73 Å². The number of hydrogen-bond acceptors (Lipinski definition) is 3. The van der Waals surface area contributed by atoms with Crippen molar-refractivity contribution in [2.24, 2.45) is 0 Å². The van der Waals surface area contributed by atoms with Crippen LogP contribution in [0.5, 0.6) is 0 Å². The summed E-state index contributed by atoms with van der Waals surface area (Å²) < 4.78 is 0. The highest BCUT2D eigenvalue weighted by Crippen LogP contribution is 2.22. The Morgan fingerprint density at radius 3 is 2.19 bits per heavy atom. The molecular formula is C13H20N2O. The highest BCUT2D eigenvalue weighted by Gasteiger charge is 2.33. The highest BCUT2D eigenvalue weighted by atomic mass is 16.1. The first kappa shape index (κ1) is 12.7. The third-order valence-corrected chi connectivity index (χ3v) is 3.34. The molecule has 0 heterocycles. The molecule has 0 amide bonds. The molecule has 16 heavy (non-hydrogen) atoms. The van der Waals surface area contributed by atoms with Crippen molar-refractivity contribution in [3.05, 3.63) is 29.8 Å². The molecule has 1 atom stereocenters. The Morgan fingerprint density at radius 1 is 1.31 bits per heavy atom. The largest absolute Gasteiger partial charge is 0.399 e. The smallest absolute Gasteiger partial charge is 0.182 e. The third-order valence-electron chi connectivity index (χ3n) is 3.34. The van der Waals surface area contributed by atoms with Crippen LogP contribution in [-0.2, 0) is 0 Å². The Labute approximate surface area is 97.2 Å². The monoisotopic (exact) mass is 220 g/mol. The van der Waals surface area contributed by atoms with E-state index in [2.05, 4.69) is 0 Å². The lowest BCUT2D eigenvalue weighted by molar-refractivity contribution is 0.0710. The average molecular weight is 220 g/mol. The molecular weight excluding hydrogens is 200 g/mol. The van der Waals surface area contributed by atoms with E-state index in [1.807, 2.05) is 32.8 Å². The molecule has 1 rings (SSSR count). The van der Waals surface area contributed by atoms with Gasteiger partial charge in [-0.25, -0.2) is 0 Å². The predicted molar refractivity (Wildman–Crippen MR) is 67.6 cm³/mol. The Balaban J connectivity index is 3.05. The second-order valence-corrected chi connectivity index (χ2v) is 4.47. The van der Waals surface area contributed by atoms with Crippen LogP contribution in [0.2, 0.25) is 0 Å². The van der Waals surface area contributed by atoms with Crippen LogP contribution in [0.25, 0.3) is 0 Å². The molecule has 0 spiro atoms. The second-order valence-electron chi connectivity index (χ2n) is 4.47. The lowest BCUT2D eigenvalue weighted by atomic mass is 9.87. The van der Waals surface area contributed by atoms with Gasteiger partial charge in [-0.2, -0.15) is 0 Å². The molecule has 0 fully saturated rings. The average Bonchev–Trinajstić information content (AvgIpc) is 2.27. The molecule has 1 aromatic rings. The van der Waals surface area contributed by atoms with E-state index in [1.54, 1.807) is 24.3 Å². The molecule has 1 aromatic carbocycles. The molecule has 3 heteroatoms.